The van der Waals surface area contributed by atoms with Crippen molar-refractivity contribution in [1.29, 1.82) is 0 Å². The monoisotopic (exact) mass is 412 g/mol. The van der Waals surface area contributed by atoms with Crippen LogP contribution < -0.4 is 0 Å². The number of amides is 1. The molecule has 1 aromatic heterocycles. The number of carbonyl (C=O) groups excluding carboxylic acids is 1. The number of hydrogen-bond acceptors (Lipinski definition) is 4. The van der Waals surface area contributed by atoms with Crippen molar-refractivity contribution >= 4 is 5.91 Å². The maximum atomic E-state index is 13.3. The fourth-order valence-electron chi connectivity index (χ4n) is 5.85. The molecule has 1 amide bonds. The van der Waals surface area contributed by atoms with Crippen molar-refractivity contribution in [2.75, 3.05) is 33.2 Å². The van der Waals surface area contributed by atoms with Gasteiger partial charge in [-0.1, -0.05) is 31.7 Å². The highest BCUT2D eigenvalue weighted by atomic mass is 16.2. The molecule has 1 unspecified atom stereocenters. The number of rotatable bonds is 5. The number of carbonyl (C=O) groups is 1. The van der Waals surface area contributed by atoms with E-state index in [0.29, 0.717) is 18.0 Å². The van der Waals surface area contributed by atoms with Crippen LogP contribution in [0.5, 0.6) is 0 Å². The quantitative estimate of drug-likeness (QED) is 0.687. The Kier molecular flexibility index (Phi) is 7.78. The number of hydrogen-bond donors (Lipinski definition) is 0. The number of pyridine rings is 1. The molecule has 0 aromatic carbocycles. The Morgan fingerprint density at radius 2 is 1.80 bits per heavy atom. The molecule has 1 aromatic rings. The molecule has 0 radical (unpaired) electrons. The van der Waals surface area contributed by atoms with Crippen molar-refractivity contribution in [3.05, 3.63) is 30.1 Å². The number of aromatic nitrogens is 1. The molecule has 2 aliphatic heterocycles. The number of likely N-dealkylation sites (tertiary alicyclic amines) is 2. The molecule has 4 rings (SSSR count). The van der Waals surface area contributed by atoms with E-state index < -0.39 is 0 Å². The maximum absolute atomic E-state index is 13.3. The summed E-state index contributed by atoms with van der Waals surface area (Å²) >= 11 is 0. The zero-order valence-electron chi connectivity index (χ0n) is 18.8. The number of piperidine rings is 2. The predicted octanol–water partition coefficient (Wildman–Crippen LogP) is 3.94. The van der Waals surface area contributed by atoms with Gasteiger partial charge in [0, 0.05) is 44.6 Å². The van der Waals surface area contributed by atoms with Gasteiger partial charge in [-0.3, -0.25) is 19.6 Å². The smallest absolute Gasteiger partial charge is 0.226 e. The average Bonchev–Trinajstić information content (AvgIpc) is 3.09. The first-order valence-corrected chi connectivity index (χ1v) is 12.3. The summed E-state index contributed by atoms with van der Waals surface area (Å²) in [7, 11) is 2.08. The maximum Gasteiger partial charge on any atom is 0.226 e. The first kappa shape index (κ1) is 21.8. The van der Waals surface area contributed by atoms with Crippen molar-refractivity contribution < 1.29 is 4.79 Å². The third-order valence-electron chi connectivity index (χ3n) is 7.72. The molecule has 5 heteroatoms. The largest absolute Gasteiger partial charge is 0.342 e. The summed E-state index contributed by atoms with van der Waals surface area (Å²) in [4.78, 5) is 24.9. The van der Waals surface area contributed by atoms with E-state index >= 15 is 0 Å². The van der Waals surface area contributed by atoms with Gasteiger partial charge in [0.05, 0.1) is 5.92 Å². The second kappa shape index (κ2) is 10.7. The van der Waals surface area contributed by atoms with Crippen molar-refractivity contribution in [3.8, 4) is 0 Å². The van der Waals surface area contributed by atoms with Crippen LogP contribution in [-0.2, 0) is 11.3 Å². The highest BCUT2D eigenvalue weighted by Crippen LogP contribution is 2.28. The van der Waals surface area contributed by atoms with Crippen molar-refractivity contribution in [2.45, 2.75) is 82.8 Å². The van der Waals surface area contributed by atoms with Crippen LogP contribution in [0, 0.1) is 5.92 Å². The van der Waals surface area contributed by atoms with Gasteiger partial charge in [-0.05, 0) is 69.8 Å². The number of nitrogens with zero attached hydrogens (tertiary/aromatic N) is 4. The average molecular weight is 413 g/mol. The zero-order chi connectivity index (χ0) is 20.8. The Hall–Kier alpha value is -1.46. The molecule has 0 N–H and O–H groups in total. The molecule has 2 saturated heterocycles. The lowest BCUT2D eigenvalue weighted by atomic mass is 9.92. The lowest BCUT2D eigenvalue weighted by Crippen LogP contribution is -2.51. The van der Waals surface area contributed by atoms with E-state index in [0.717, 1.165) is 32.6 Å². The molecular weight excluding hydrogens is 372 g/mol. The van der Waals surface area contributed by atoms with Gasteiger partial charge in [0.15, 0.2) is 0 Å². The highest BCUT2D eigenvalue weighted by Gasteiger charge is 2.34. The fourth-order valence-corrected chi connectivity index (χ4v) is 5.85. The Balaban J connectivity index is 1.26. The minimum absolute atomic E-state index is 0.209. The van der Waals surface area contributed by atoms with Gasteiger partial charge < -0.3 is 4.90 Å². The summed E-state index contributed by atoms with van der Waals surface area (Å²) in [5.74, 6) is 0.626. The lowest BCUT2D eigenvalue weighted by Gasteiger charge is -2.43. The molecule has 5 nitrogen and oxygen atoms in total. The summed E-state index contributed by atoms with van der Waals surface area (Å²) < 4.78 is 0. The van der Waals surface area contributed by atoms with E-state index in [1.165, 1.54) is 69.9 Å². The molecule has 0 spiro atoms. The Morgan fingerprint density at radius 3 is 2.50 bits per heavy atom. The van der Waals surface area contributed by atoms with E-state index in [2.05, 4.69) is 32.8 Å². The summed E-state index contributed by atoms with van der Waals surface area (Å²) in [5.41, 5.74) is 1.31. The highest BCUT2D eigenvalue weighted by molar-refractivity contribution is 5.79. The second-order valence-electron chi connectivity index (χ2n) is 9.80. The molecule has 1 saturated carbocycles. The summed E-state index contributed by atoms with van der Waals surface area (Å²) in [6.07, 6.45) is 16.2. The van der Waals surface area contributed by atoms with Crippen LogP contribution in [0.3, 0.4) is 0 Å². The van der Waals surface area contributed by atoms with Crippen LogP contribution in [0.15, 0.2) is 24.5 Å². The van der Waals surface area contributed by atoms with Gasteiger partial charge >= 0.3 is 0 Å². The van der Waals surface area contributed by atoms with Gasteiger partial charge in [0.2, 0.25) is 5.91 Å². The molecule has 0 bridgehead atoms. The molecular formula is C25H40N4O. The molecule has 166 valence electrons. The first-order valence-electron chi connectivity index (χ1n) is 12.3. The van der Waals surface area contributed by atoms with E-state index in [-0.39, 0.29) is 5.92 Å². The Labute approximate surface area is 182 Å². The Bertz CT molecular complexity index is 650. The summed E-state index contributed by atoms with van der Waals surface area (Å²) in [6.45, 7) is 5.45. The van der Waals surface area contributed by atoms with Crippen LogP contribution >= 0.6 is 0 Å². The fraction of sp³-hybridized carbons (Fsp3) is 0.760. The van der Waals surface area contributed by atoms with E-state index in [4.69, 9.17) is 0 Å². The molecule has 3 aliphatic rings. The van der Waals surface area contributed by atoms with Crippen LogP contribution in [0.25, 0.3) is 0 Å². The van der Waals surface area contributed by atoms with Gasteiger partial charge in [0.25, 0.3) is 0 Å². The Morgan fingerprint density at radius 1 is 1.03 bits per heavy atom. The lowest BCUT2D eigenvalue weighted by molar-refractivity contribution is -0.139. The SMILES string of the molecule is CN(C(=O)C1CCCN(C2CCN(Cc3cccnc3)CC2)C1)C1CCCCCC1. The van der Waals surface area contributed by atoms with Gasteiger partial charge in [-0.15, -0.1) is 0 Å². The van der Waals surface area contributed by atoms with Crippen LogP contribution in [0.2, 0.25) is 0 Å². The molecule has 30 heavy (non-hydrogen) atoms. The minimum atomic E-state index is 0.209. The van der Waals surface area contributed by atoms with E-state index in [1.807, 2.05) is 18.5 Å². The normalized spacial score (nSPS) is 25.7. The molecule has 1 aliphatic carbocycles. The standard InChI is InChI=1S/C25H40N4O/c1-27(23-10-4-2-3-5-11-23)25(30)22-9-7-15-29(20-22)24-12-16-28(17-13-24)19-21-8-6-14-26-18-21/h6,8,14,18,22-24H,2-5,7,9-13,15-17,19-20H2,1H3. The topological polar surface area (TPSA) is 39.7 Å². The van der Waals surface area contributed by atoms with Crippen molar-refractivity contribution in [1.82, 2.24) is 19.7 Å². The molecule has 1 atom stereocenters. The molecule has 3 fully saturated rings. The van der Waals surface area contributed by atoms with Gasteiger partial charge in [-0.2, -0.15) is 0 Å². The second-order valence-corrected chi connectivity index (χ2v) is 9.80. The van der Waals surface area contributed by atoms with E-state index in [9.17, 15) is 4.79 Å². The van der Waals surface area contributed by atoms with Crippen LogP contribution in [0.1, 0.15) is 69.8 Å². The van der Waals surface area contributed by atoms with Crippen molar-refractivity contribution in [3.63, 3.8) is 0 Å². The van der Waals surface area contributed by atoms with Crippen LogP contribution in [-0.4, -0.2) is 70.9 Å². The summed E-state index contributed by atoms with van der Waals surface area (Å²) in [5, 5.41) is 0. The third-order valence-corrected chi connectivity index (χ3v) is 7.72. The third kappa shape index (κ3) is 5.61. The van der Waals surface area contributed by atoms with E-state index in [1.54, 1.807) is 0 Å². The van der Waals surface area contributed by atoms with Crippen LogP contribution in [0.4, 0.5) is 0 Å². The predicted molar refractivity (Wildman–Crippen MR) is 121 cm³/mol. The summed E-state index contributed by atoms with van der Waals surface area (Å²) in [6, 6.07) is 5.32. The molecule has 3 heterocycles. The van der Waals surface area contributed by atoms with Crippen molar-refractivity contribution in [2.24, 2.45) is 5.92 Å². The van der Waals surface area contributed by atoms with Gasteiger partial charge in [-0.25, -0.2) is 0 Å². The minimum Gasteiger partial charge on any atom is -0.342 e. The zero-order valence-corrected chi connectivity index (χ0v) is 18.8. The first-order chi connectivity index (χ1) is 14.7. The van der Waals surface area contributed by atoms with Gasteiger partial charge in [0.1, 0.15) is 0 Å².